The predicted molar refractivity (Wildman–Crippen MR) is 85.7 cm³/mol. The fourth-order valence-corrected chi connectivity index (χ4v) is 2.41. The highest BCUT2D eigenvalue weighted by molar-refractivity contribution is 8.00. The fraction of sp³-hybridized carbons (Fsp3) is 0.231. The second-order valence-corrected chi connectivity index (χ2v) is 5.96. The first-order valence-electron chi connectivity index (χ1n) is 6.73. The minimum atomic E-state index is -4.77. The van der Waals surface area contributed by atoms with Gasteiger partial charge < -0.3 is 21.5 Å². The molecule has 1 amide bonds. The molecule has 2 rings (SSSR count). The Morgan fingerprint density at radius 2 is 1.72 bits per heavy atom. The van der Waals surface area contributed by atoms with E-state index in [1.807, 2.05) is 0 Å². The van der Waals surface area contributed by atoms with Gasteiger partial charge in [0.05, 0.1) is 5.25 Å². The average molecular weight is 374 g/mol. The quantitative estimate of drug-likeness (QED) is 0.678. The van der Waals surface area contributed by atoms with Gasteiger partial charge in [-0.1, -0.05) is 11.8 Å². The summed E-state index contributed by atoms with van der Waals surface area (Å²) in [5.74, 6) is -0.929. The molecule has 5 N–H and O–H groups in total. The fourth-order valence-electron chi connectivity index (χ4n) is 1.64. The van der Waals surface area contributed by atoms with Gasteiger partial charge in [-0.05, 0) is 31.2 Å². The highest BCUT2D eigenvalue weighted by Gasteiger charge is 2.31. The number of rotatable bonds is 5. The molecule has 0 aliphatic heterocycles. The first-order valence-corrected chi connectivity index (χ1v) is 7.61. The number of nitrogens with two attached hydrogens (primary N) is 2. The zero-order chi connectivity index (χ0) is 18.6. The Morgan fingerprint density at radius 1 is 1.16 bits per heavy atom. The van der Waals surface area contributed by atoms with E-state index >= 15 is 0 Å². The lowest BCUT2D eigenvalue weighted by molar-refractivity contribution is -0.274. The highest BCUT2D eigenvalue weighted by Crippen LogP contribution is 2.25. The molecule has 2 aromatic rings. The Bertz CT molecular complexity index is 736. The summed E-state index contributed by atoms with van der Waals surface area (Å²) in [5.41, 5.74) is 11.2. The summed E-state index contributed by atoms with van der Waals surface area (Å²) >= 11 is 1.00. The van der Waals surface area contributed by atoms with Crippen LogP contribution in [0.25, 0.3) is 0 Å². The number of halogens is 3. The number of anilines is 3. The molecule has 134 valence electrons. The Morgan fingerprint density at radius 3 is 2.24 bits per heavy atom. The average Bonchev–Trinajstić information content (AvgIpc) is 2.46. The number of carbonyl (C=O) groups excluding carboxylic acids is 1. The number of thioether (sulfide) groups is 1. The number of aromatic nitrogens is 3. The van der Waals surface area contributed by atoms with E-state index in [0.717, 1.165) is 23.9 Å². The molecule has 12 heteroatoms. The van der Waals surface area contributed by atoms with Crippen LogP contribution < -0.4 is 21.5 Å². The number of carbonyl (C=O) groups is 1. The van der Waals surface area contributed by atoms with Crippen LogP contribution in [0.1, 0.15) is 6.92 Å². The Labute approximate surface area is 144 Å². The Kier molecular flexibility index (Phi) is 5.51. The summed E-state index contributed by atoms with van der Waals surface area (Å²) in [6, 6.07) is 4.76. The number of hydrogen-bond donors (Lipinski definition) is 3. The molecule has 1 aromatic heterocycles. The van der Waals surface area contributed by atoms with Gasteiger partial charge in [0.15, 0.2) is 5.16 Å². The van der Waals surface area contributed by atoms with E-state index in [1.165, 1.54) is 12.1 Å². The van der Waals surface area contributed by atoms with Gasteiger partial charge in [-0.15, -0.1) is 13.2 Å². The molecule has 1 heterocycles. The number of nitrogens with one attached hydrogen (secondary N) is 1. The van der Waals surface area contributed by atoms with Gasteiger partial charge in [-0.2, -0.15) is 15.0 Å². The van der Waals surface area contributed by atoms with Gasteiger partial charge in [0, 0.05) is 5.69 Å². The molecule has 1 aromatic carbocycles. The summed E-state index contributed by atoms with van der Waals surface area (Å²) in [6.45, 7) is 1.59. The zero-order valence-corrected chi connectivity index (χ0v) is 13.6. The number of alkyl halides is 3. The molecule has 8 nitrogen and oxygen atoms in total. The van der Waals surface area contributed by atoms with Crippen LogP contribution in [-0.2, 0) is 4.79 Å². The second-order valence-electron chi connectivity index (χ2n) is 4.66. The van der Waals surface area contributed by atoms with Gasteiger partial charge in [0.2, 0.25) is 17.8 Å². The third-order valence-corrected chi connectivity index (χ3v) is 3.62. The van der Waals surface area contributed by atoms with E-state index in [0.29, 0.717) is 5.69 Å². The van der Waals surface area contributed by atoms with E-state index in [9.17, 15) is 18.0 Å². The van der Waals surface area contributed by atoms with Gasteiger partial charge in [-0.25, -0.2) is 0 Å². The van der Waals surface area contributed by atoms with Crippen molar-refractivity contribution >= 4 is 35.3 Å². The molecule has 0 saturated carbocycles. The Balaban J connectivity index is 1.96. The third kappa shape index (κ3) is 5.99. The summed E-state index contributed by atoms with van der Waals surface area (Å²) in [7, 11) is 0. The van der Waals surface area contributed by atoms with Crippen LogP contribution in [0.15, 0.2) is 29.4 Å². The topological polar surface area (TPSA) is 129 Å². The van der Waals surface area contributed by atoms with Crippen LogP contribution in [0.3, 0.4) is 0 Å². The van der Waals surface area contributed by atoms with Crippen molar-refractivity contribution in [3.8, 4) is 5.75 Å². The molecule has 1 atom stereocenters. The van der Waals surface area contributed by atoms with Crippen LogP contribution in [-0.4, -0.2) is 32.5 Å². The lowest BCUT2D eigenvalue weighted by atomic mass is 10.3. The van der Waals surface area contributed by atoms with Crippen molar-refractivity contribution in [2.75, 3.05) is 16.8 Å². The van der Waals surface area contributed by atoms with E-state index in [2.05, 4.69) is 25.0 Å². The van der Waals surface area contributed by atoms with Crippen molar-refractivity contribution in [1.29, 1.82) is 0 Å². The molecule has 0 aliphatic carbocycles. The van der Waals surface area contributed by atoms with Crippen molar-refractivity contribution in [2.24, 2.45) is 0 Å². The maximum atomic E-state index is 12.1. The third-order valence-electron chi connectivity index (χ3n) is 2.66. The summed E-state index contributed by atoms with van der Waals surface area (Å²) in [6.07, 6.45) is -4.77. The number of ether oxygens (including phenoxy) is 1. The smallest absolute Gasteiger partial charge is 0.406 e. The molecule has 0 spiro atoms. The van der Waals surface area contributed by atoms with Crippen molar-refractivity contribution in [2.45, 2.75) is 23.7 Å². The molecule has 0 saturated heterocycles. The molecule has 0 unspecified atom stereocenters. The monoisotopic (exact) mass is 374 g/mol. The number of nitrogen functional groups attached to an aromatic ring is 2. The normalized spacial score (nSPS) is 12.5. The summed E-state index contributed by atoms with van der Waals surface area (Å²) in [4.78, 5) is 23.4. The summed E-state index contributed by atoms with van der Waals surface area (Å²) < 4.78 is 40.0. The van der Waals surface area contributed by atoms with Gasteiger partial charge >= 0.3 is 6.36 Å². The second kappa shape index (κ2) is 7.42. The summed E-state index contributed by atoms with van der Waals surface area (Å²) in [5, 5.41) is 2.11. The van der Waals surface area contributed by atoms with E-state index < -0.39 is 17.5 Å². The number of benzene rings is 1. The molecule has 0 radical (unpaired) electrons. The van der Waals surface area contributed by atoms with Crippen LogP contribution in [0, 0.1) is 0 Å². The van der Waals surface area contributed by atoms with Gasteiger partial charge in [0.1, 0.15) is 5.75 Å². The van der Waals surface area contributed by atoms with E-state index in [4.69, 9.17) is 11.5 Å². The van der Waals surface area contributed by atoms with Crippen molar-refractivity contribution in [3.63, 3.8) is 0 Å². The van der Waals surface area contributed by atoms with E-state index in [1.54, 1.807) is 6.92 Å². The largest absolute Gasteiger partial charge is 0.573 e. The number of hydrogen-bond acceptors (Lipinski definition) is 8. The highest BCUT2D eigenvalue weighted by atomic mass is 32.2. The Hall–Kier alpha value is -2.76. The number of nitrogens with zero attached hydrogens (tertiary/aromatic N) is 3. The zero-order valence-electron chi connectivity index (χ0n) is 12.7. The maximum absolute atomic E-state index is 12.1. The van der Waals surface area contributed by atoms with Crippen LogP contribution in [0.2, 0.25) is 0 Å². The van der Waals surface area contributed by atoms with Gasteiger partial charge in [0.25, 0.3) is 0 Å². The molecular formula is C13H13F3N6O2S. The number of amides is 1. The molecule has 0 bridgehead atoms. The molecular weight excluding hydrogens is 361 g/mol. The first kappa shape index (κ1) is 18.6. The minimum Gasteiger partial charge on any atom is -0.406 e. The van der Waals surface area contributed by atoms with Crippen molar-refractivity contribution in [1.82, 2.24) is 15.0 Å². The lowest BCUT2D eigenvalue weighted by Gasteiger charge is -2.12. The first-order chi connectivity index (χ1) is 11.6. The van der Waals surface area contributed by atoms with E-state index in [-0.39, 0.29) is 22.8 Å². The van der Waals surface area contributed by atoms with Gasteiger partial charge in [-0.3, -0.25) is 4.79 Å². The predicted octanol–water partition coefficient (Wildman–Crippen LogP) is 2.05. The lowest BCUT2D eigenvalue weighted by Crippen LogP contribution is -2.23. The molecule has 0 aliphatic rings. The minimum absolute atomic E-state index is 0.0668. The SMILES string of the molecule is C[C@@H](Sc1nc(N)nc(N)n1)C(=O)Nc1ccc(OC(F)(F)F)cc1. The molecule has 25 heavy (non-hydrogen) atoms. The van der Waals surface area contributed by atoms with Crippen molar-refractivity contribution in [3.05, 3.63) is 24.3 Å². The standard InChI is InChI=1S/C13H13F3N6O2S/c1-6(25-12-21-10(17)20-11(18)22-12)9(23)19-7-2-4-8(5-3-7)24-13(14,15)16/h2-6H,1H3,(H,19,23)(H4,17,18,20,21,22)/t6-/m1/s1. The maximum Gasteiger partial charge on any atom is 0.573 e. The van der Waals surface area contributed by atoms with Crippen LogP contribution in [0.4, 0.5) is 30.8 Å². The molecule has 0 fully saturated rings. The van der Waals surface area contributed by atoms with Crippen molar-refractivity contribution < 1.29 is 22.7 Å². The van der Waals surface area contributed by atoms with Crippen LogP contribution in [0.5, 0.6) is 5.75 Å². The van der Waals surface area contributed by atoms with Crippen LogP contribution >= 0.6 is 11.8 Å².